The minimum Gasteiger partial charge on any atom is -0.207 e. The van der Waals surface area contributed by atoms with Crippen LogP contribution in [0.4, 0.5) is 0 Å². The van der Waals surface area contributed by atoms with Crippen molar-refractivity contribution in [3.63, 3.8) is 0 Å². The summed E-state index contributed by atoms with van der Waals surface area (Å²) in [6.45, 7) is 5.34. The fourth-order valence-corrected chi connectivity index (χ4v) is 3.90. The molecule has 0 saturated heterocycles. The molecule has 0 bridgehead atoms. The van der Waals surface area contributed by atoms with E-state index in [1.54, 1.807) is 26.0 Å². The molecule has 0 spiro atoms. The summed E-state index contributed by atoms with van der Waals surface area (Å²) in [7, 11) is -3.66. The zero-order chi connectivity index (χ0) is 14.3. The summed E-state index contributed by atoms with van der Waals surface area (Å²) in [6, 6.07) is 7.30. The van der Waals surface area contributed by atoms with E-state index in [-0.39, 0.29) is 10.8 Å². The van der Waals surface area contributed by atoms with Crippen molar-refractivity contribution in [3.8, 4) is 6.07 Å². The fourth-order valence-electron chi connectivity index (χ4n) is 2.29. The molecule has 1 saturated carbocycles. The number of nitrogens with zero attached hydrogens (tertiary/aromatic N) is 1. The smallest absolute Gasteiger partial charge is 0.207 e. The lowest BCUT2D eigenvalue weighted by Crippen LogP contribution is -2.46. The van der Waals surface area contributed by atoms with Crippen molar-refractivity contribution in [2.45, 2.75) is 44.0 Å². The summed E-state index contributed by atoms with van der Waals surface area (Å²) in [5.74, 6) is 0.123. The van der Waals surface area contributed by atoms with E-state index in [0.717, 1.165) is 18.4 Å². The molecular formula is C14H18N2O2S. The highest BCUT2D eigenvalue weighted by Crippen LogP contribution is 2.40. The molecule has 0 aromatic heterocycles. The summed E-state index contributed by atoms with van der Waals surface area (Å²) < 4.78 is 27.4. The van der Waals surface area contributed by atoms with Gasteiger partial charge >= 0.3 is 0 Å². The third-order valence-corrected chi connectivity index (χ3v) is 5.32. The van der Waals surface area contributed by atoms with Gasteiger partial charge in [-0.05, 0) is 51.2 Å². The molecule has 2 rings (SSSR count). The molecule has 1 fully saturated rings. The van der Waals surface area contributed by atoms with Crippen LogP contribution in [0.15, 0.2) is 23.1 Å². The summed E-state index contributed by atoms with van der Waals surface area (Å²) in [5, 5.41) is 9.24. The molecule has 1 aromatic carbocycles. The molecular weight excluding hydrogens is 260 g/mol. The molecule has 102 valence electrons. The predicted octanol–water partition coefficient (Wildman–Crippen LogP) is 2.27. The Kier molecular flexibility index (Phi) is 3.41. The van der Waals surface area contributed by atoms with Gasteiger partial charge in [0.15, 0.2) is 0 Å². The van der Waals surface area contributed by atoms with E-state index >= 15 is 0 Å². The third-order valence-electron chi connectivity index (χ3n) is 3.59. The Bertz CT molecular complexity index is 642. The molecule has 0 heterocycles. The van der Waals surface area contributed by atoms with Gasteiger partial charge in [-0.15, -0.1) is 0 Å². The minimum atomic E-state index is -3.66. The molecule has 5 heteroatoms. The van der Waals surface area contributed by atoms with Crippen molar-refractivity contribution < 1.29 is 8.42 Å². The van der Waals surface area contributed by atoms with Crippen LogP contribution in [0, 0.1) is 31.1 Å². The molecule has 1 aliphatic carbocycles. The van der Waals surface area contributed by atoms with Crippen LogP contribution in [0.5, 0.6) is 0 Å². The van der Waals surface area contributed by atoms with E-state index in [4.69, 9.17) is 0 Å². The highest BCUT2D eigenvalue weighted by Gasteiger charge is 2.44. The Balaban J connectivity index is 2.35. The van der Waals surface area contributed by atoms with Crippen molar-refractivity contribution in [1.29, 1.82) is 5.26 Å². The fraction of sp³-hybridized carbons (Fsp3) is 0.500. The minimum absolute atomic E-state index is 0.123. The Labute approximate surface area is 114 Å². The number of rotatable bonds is 4. The van der Waals surface area contributed by atoms with E-state index in [9.17, 15) is 13.7 Å². The van der Waals surface area contributed by atoms with Crippen LogP contribution in [-0.2, 0) is 10.0 Å². The summed E-state index contributed by atoms with van der Waals surface area (Å²) in [5.41, 5.74) is 0.709. The average Bonchev–Trinajstić information content (AvgIpc) is 3.11. The van der Waals surface area contributed by atoms with Crippen LogP contribution in [0.25, 0.3) is 0 Å². The number of sulfonamides is 1. The maximum atomic E-state index is 12.4. The highest BCUT2D eigenvalue weighted by molar-refractivity contribution is 7.89. The second kappa shape index (κ2) is 4.62. The van der Waals surface area contributed by atoms with E-state index < -0.39 is 15.6 Å². The maximum Gasteiger partial charge on any atom is 0.242 e. The van der Waals surface area contributed by atoms with E-state index in [1.807, 2.05) is 13.0 Å². The van der Waals surface area contributed by atoms with Gasteiger partial charge in [0.2, 0.25) is 10.0 Å². The lowest BCUT2D eigenvalue weighted by molar-refractivity contribution is 0.458. The molecule has 0 unspecified atom stereocenters. The quantitative estimate of drug-likeness (QED) is 0.918. The second-order valence-electron chi connectivity index (χ2n) is 5.46. The molecule has 1 aromatic rings. The number of nitrogens with one attached hydrogen (secondary N) is 1. The first-order valence-electron chi connectivity index (χ1n) is 6.31. The van der Waals surface area contributed by atoms with Crippen molar-refractivity contribution >= 4 is 10.0 Å². The first kappa shape index (κ1) is 14.0. The zero-order valence-electron chi connectivity index (χ0n) is 11.4. The molecule has 0 radical (unpaired) electrons. The van der Waals surface area contributed by atoms with Gasteiger partial charge in [0.05, 0.1) is 11.0 Å². The monoisotopic (exact) mass is 278 g/mol. The number of aryl methyl sites for hydroxylation is 2. The predicted molar refractivity (Wildman–Crippen MR) is 73.0 cm³/mol. The van der Waals surface area contributed by atoms with Crippen molar-refractivity contribution in [2.24, 2.45) is 5.92 Å². The Morgan fingerprint density at radius 1 is 1.37 bits per heavy atom. The van der Waals surface area contributed by atoms with Gasteiger partial charge in [0.1, 0.15) is 5.54 Å². The van der Waals surface area contributed by atoms with Crippen molar-refractivity contribution in [3.05, 3.63) is 29.3 Å². The first-order chi connectivity index (χ1) is 8.78. The average molecular weight is 278 g/mol. The van der Waals surface area contributed by atoms with Crippen LogP contribution in [0.1, 0.15) is 30.9 Å². The standard InChI is InChI=1S/C14H18N2O2S/c1-10-4-7-13(11(2)8-10)19(17,18)16-14(3,9-15)12-5-6-12/h4,7-8,12,16H,5-6H2,1-3H3/t14-/m1/s1. The van der Waals surface area contributed by atoms with Crippen molar-refractivity contribution in [1.82, 2.24) is 4.72 Å². The van der Waals surface area contributed by atoms with Crippen LogP contribution < -0.4 is 4.72 Å². The molecule has 0 aliphatic heterocycles. The maximum absolute atomic E-state index is 12.4. The van der Waals surface area contributed by atoms with Gasteiger partial charge in [-0.1, -0.05) is 17.7 Å². The largest absolute Gasteiger partial charge is 0.242 e. The molecule has 0 amide bonds. The Hall–Kier alpha value is -1.38. The first-order valence-corrected chi connectivity index (χ1v) is 7.79. The molecule has 1 aliphatic rings. The lowest BCUT2D eigenvalue weighted by Gasteiger charge is -2.23. The summed E-state index contributed by atoms with van der Waals surface area (Å²) in [6.07, 6.45) is 1.80. The van der Waals surface area contributed by atoms with Crippen LogP contribution >= 0.6 is 0 Å². The number of hydrogen-bond donors (Lipinski definition) is 1. The lowest BCUT2D eigenvalue weighted by atomic mass is 10.0. The van der Waals surface area contributed by atoms with Gasteiger partial charge in [-0.3, -0.25) is 0 Å². The van der Waals surface area contributed by atoms with Gasteiger partial charge in [0, 0.05) is 0 Å². The number of benzene rings is 1. The van der Waals surface area contributed by atoms with Gasteiger partial charge in [0.25, 0.3) is 0 Å². The van der Waals surface area contributed by atoms with Crippen LogP contribution in [-0.4, -0.2) is 14.0 Å². The van der Waals surface area contributed by atoms with Crippen molar-refractivity contribution in [2.75, 3.05) is 0 Å². The topological polar surface area (TPSA) is 70.0 Å². The van der Waals surface area contributed by atoms with E-state index in [0.29, 0.717) is 5.56 Å². The highest BCUT2D eigenvalue weighted by atomic mass is 32.2. The zero-order valence-corrected chi connectivity index (χ0v) is 12.2. The number of hydrogen-bond acceptors (Lipinski definition) is 3. The van der Waals surface area contributed by atoms with Crippen LogP contribution in [0.3, 0.4) is 0 Å². The second-order valence-corrected chi connectivity index (χ2v) is 7.11. The SMILES string of the molecule is Cc1ccc(S(=O)(=O)N[C@](C)(C#N)C2CC2)c(C)c1. The normalized spacial score (nSPS) is 18.6. The van der Waals surface area contributed by atoms with E-state index in [2.05, 4.69) is 10.8 Å². The van der Waals surface area contributed by atoms with Crippen LogP contribution in [0.2, 0.25) is 0 Å². The van der Waals surface area contributed by atoms with Gasteiger partial charge < -0.3 is 0 Å². The molecule has 4 nitrogen and oxygen atoms in total. The van der Waals surface area contributed by atoms with Gasteiger partial charge in [-0.25, -0.2) is 8.42 Å². The third kappa shape index (κ3) is 2.80. The Morgan fingerprint density at radius 3 is 2.47 bits per heavy atom. The molecule has 19 heavy (non-hydrogen) atoms. The van der Waals surface area contributed by atoms with E-state index in [1.165, 1.54) is 0 Å². The summed E-state index contributed by atoms with van der Waals surface area (Å²) >= 11 is 0. The molecule has 1 atom stereocenters. The number of nitriles is 1. The molecule has 1 N–H and O–H groups in total. The summed E-state index contributed by atoms with van der Waals surface area (Å²) in [4.78, 5) is 0.250. The Morgan fingerprint density at radius 2 is 2.00 bits per heavy atom. The van der Waals surface area contributed by atoms with Gasteiger partial charge in [-0.2, -0.15) is 9.98 Å².